The Balaban J connectivity index is 2.13. The van der Waals surface area contributed by atoms with Gasteiger partial charge in [-0.1, -0.05) is 18.2 Å². The highest BCUT2D eigenvalue weighted by Crippen LogP contribution is 2.20. The van der Waals surface area contributed by atoms with Gasteiger partial charge in [0.15, 0.2) is 0 Å². The summed E-state index contributed by atoms with van der Waals surface area (Å²) in [5.41, 5.74) is 6.54. The van der Waals surface area contributed by atoms with Crippen LogP contribution in [-0.4, -0.2) is 32.6 Å². The molecule has 0 unspecified atom stereocenters. The lowest BCUT2D eigenvalue weighted by molar-refractivity contribution is -0.138. The van der Waals surface area contributed by atoms with Gasteiger partial charge in [-0.25, -0.2) is 8.42 Å². The number of methoxy groups -OCH3 is 1. The van der Waals surface area contributed by atoms with Crippen LogP contribution in [0.4, 0.5) is 5.69 Å². The van der Waals surface area contributed by atoms with E-state index in [1.54, 1.807) is 36.4 Å². The Bertz CT molecular complexity index is 819. The fourth-order valence-electron chi connectivity index (χ4n) is 2.03. The van der Waals surface area contributed by atoms with E-state index < -0.39 is 22.0 Å². The van der Waals surface area contributed by atoms with Gasteiger partial charge in [-0.3, -0.25) is 9.52 Å². The summed E-state index contributed by atoms with van der Waals surface area (Å²) < 4.78 is 32.2. The van der Waals surface area contributed by atoms with E-state index in [1.807, 2.05) is 0 Å². The molecule has 2 aromatic rings. The van der Waals surface area contributed by atoms with E-state index in [2.05, 4.69) is 4.72 Å². The molecule has 4 N–H and O–H groups in total. The number of aliphatic carboxylic acids is 1. The van der Waals surface area contributed by atoms with Crippen LogP contribution < -0.4 is 15.2 Å². The molecule has 0 spiro atoms. The quantitative estimate of drug-likeness (QED) is 0.695. The first-order valence-electron chi connectivity index (χ1n) is 7.06. The first-order chi connectivity index (χ1) is 11.3. The first-order valence-corrected chi connectivity index (χ1v) is 8.54. The number of carboxylic acid groups (broad SMARTS) is 1. The number of ether oxygens (including phenoxy) is 1. The van der Waals surface area contributed by atoms with Crippen LogP contribution in [0.3, 0.4) is 0 Å². The van der Waals surface area contributed by atoms with Crippen LogP contribution in [0.1, 0.15) is 5.56 Å². The third-order valence-electron chi connectivity index (χ3n) is 3.33. The number of sulfonamides is 1. The van der Waals surface area contributed by atoms with Gasteiger partial charge >= 0.3 is 5.97 Å². The molecule has 0 aliphatic heterocycles. The lowest BCUT2D eigenvalue weighted by Crippen LogP contribution is -2.32. The average molecular weight is 350 g/mol. The Morgan fingerprint density at radius 2 is 1.92 bits per heavy atom. The number of anilines is 1. The lowest BCUT2D eigenvalue weighted by Gasteiger charge is -2.11. The van der Waals surface area contributed by atoms with Crippen molar-refractivity contribution >= 4 is 21.7 Å². The molecule has 0 amide bonds. The topological polar surface area (TPSA) is 119 Å². The molecular weight excluding hydrogens is 332 g/mol. The monoisotopic (exact) mass is 350 g/mol. The predicted octanol–water partition coefficient (Wildman–Crippen LogP) is 1.45. The second-order valence-electron chi connectivity index (χ2n) is 5.13. The van der Waals surface area contributed by atoms with Crippen molar-refractivity contribution < 1.29 is 23.1 Å². The second-order valence-corrected chi connectivity index (χ2v) is 6.81. The molecule has 0 bridgehead atoms. The molecule has 0 saturated carbocycles. The molecule has 0 heterocycles. The van der Waals surface area contributed by atoms with Gasteiger partial charge in [0.2, 0.25) is 0 Å². The minimum Gasteiger partial charge on any atom is -0.497 e. The van der Waals surface area contributed by atoms with Crippen molar-refractivity contribution in [2.24, 2.45) is 5.73 Å². The fraction of sp³-hybridized carbons (Fsp3) is 0.188. The summed E-state index contributed by atoms with van der Waals surface area (Å²) in [6.45, 7) is 0. The van der Waals surface area contributed by atoms with E-state index in [1.165, 1.54) is 19.2 Å². The van der Waals surface area contributed by atoms with E-state index in [9.17, 15) is 13.2 Å². The van der Waals surface area contributed by atoms with Gasteiger partial charge in [0, 0.05) is 11.8 Å². The van der Waals surface area contributed by atoms with Crippen LogP contribution in [0.15, 0.2) is 53.4 Å². The summed E-state index contributed by atoms with van der Waals surface area (Å²) in [4.78, 5) is 10.8. The van der Waals surface area contributed by atoms with Gasteiger partial charge < -0.3 is 15.6 Å². The SMILES string of the molecule is COc1cccc(S(=O)(=O)Nc2ccc(C[C@H](N)C(=O)O)cc2)c1. The zero-order valence-electron chi connectivity index (χ0n) is 13.0. The summed E-state index contributed by atoms with van der Waals surface area (Å²) in [6, 6.07) is 11.5. The molecule has 1 atom stereocenters. The highest BCUT2D eigenvalue weighted by atomic mass is 32.2. The molecule has 0 aromatic heterocycles. The van der Waals surface area contributed by atoms with E-state index in [0.717, 1.165) is 0 Å². The molecule has 0 fully saturated rings. The first kappa shape index (κ1) is 17.8. The smallest absolute Gasteiger partial charge is 0.320 e. The molecule has 2 aromatic carbocycles. The second kappa shape index (κ2) is 7.33. The third kappa shape index (κ3) is 4.46. The Morgan fingerprint density at radius 3 is 2.50 bits per heavy atom. The van der Waals surface area contributed by atoms with Gasteiger partial charge in [-0.2, -0.15) is 0 Å². The fourth-order valence-corrected chi connectivity index (χ4v) is 3.13. The minimum atomic E-state index is -3.74. The number of hydrogen-bond acceptors (Lipinski definition) is 5. The van der Waals surface area contributed by atoms with Crippen LogP contribution in [-0.2, 0) is 21.2 Å². The largest absolute Gasteiger partial charge is 0.497 e. The molecule has 0 aliphatic carbocycles. The standard InChI is InChI=1S/C16H18N2O5S/c1-23-13-3-2-4-14(10-13)24(21,22)18-12-7-5-11(6-8-12)9-15(17)16(19)20/h2-8,10,15,18H,9,17H2,1H3,(H,19,20)/t15-/m0/s1. The van der Waals surface area contributed by atoms with Gasteiger partial charge in [-0.05, 0) is 36.2 Å². The molecule has 24 heavy (non-hydrogen) atoms. The summed E-state index contributed by atoms with van der Waals surface area (Å²) in [5.74, 6) is -0.645. The van der Waals surface area contributed by atoms with Crippen molar-refractivity contribution in [1.82, 2.24) is 0 Å². The van der Waals surface area contributed by atoms with Crippen LogP contribution in [0, 0.1) is 0 Å². The zero-order valence-corrected chi connectivity index (χ0v) is 13.8. The van der Waals surface area contributed by atoms with Crippen molar-refractivity contribution in [3.8, 4) is 5.75 Å². The third-order valence-corrected chi connectivity index (χ3v) is 4.71. The zero-order chi connectivity index (χ0) is 17.7. The lowest BCUT2D eigenvalue weighted by atomic mass is 10.1. The highest BCUT2D eigenvalue weighted by molar-refractivity contribution is 7.92. The summed E-state index contributed by atoms with van der Waals surface area (Å²) in [6.07, 6.45) is 0.165. The number of hydrogen-bond donors (Lipinski definition) is 3. The van der Waals surface area contributed by atoms with Crippen molar-refractivity contribution in [3.05, 3.63) is 54.1 Å². The van der Waals surface area contributed by atoms with E-state index in [4.69, 9.17) is 15.6 Å². The summed E-state index contributed by atoms with van der Waals surface area (Å²) in [7, 11) is -2.29. The molecule has 128 valence electrons. The summed E-state index contributed by atoms with van der Waals surface area (Å²) in [5, 5.41) is 8.79. The van der Waals surface area contributed by atoms with Crippen LogP contribution in [0.5, 0.6) is 5.75 Å². The number of nitrogens with two attached hydrogens (primary N) is 1. The van der Waals surface area contributed by atoms with E-state index >= 15 is 0 Å². The predicted molar refractivity (Wildman–Crippen MR) is 89.6 cm³/mol. The molecule has 0 radical (unpaired) electrons. The Morgan fingerprint density at radius 1 is 1.25 bits per heavy atom. The van der Waals surface area contributed by atoms with E-state index in [0.29, 0.717) is 17.0 Å². The van der Waals surface area contributed by atoms with Gasteiger partial charge in [0.05, 0.1) is 12.0 Å². The van der Waals surface area contributed by atoms with Crippen molar-refractivity contribution in [1.29, 1.82) is 0 Å². The highest BCUT2D eigenvalue weighted by Gasteiger charge is 2.16. The molecule has 8 heteroatoms. The Labute approximate surface area is 140 Å². The molecule has 7 nitrogen and oxygen atoms in total. The van der Waals surface area contributed by atoms with Crippen LogP contribution in [0.25, 0.3) is 0 Å². The molecule has 0 aliphatic rings. The summed E-state index contributed by atoms with van der Waals surface area (Å²) >= 11 is 0. The number of nitrogens with one attached hydrogen (secondary N) is 1. The number of carbonyl (C=O) groups is 1. The minimum absolute atomic E-state index is 0.0822. The molecule has 2 rings (SSSR count). The van der Waals surface area contributed by atoms with Crippen molar-refractivity contribution in [3.63, 3.8) is 0 Å². The van der Waals surface area contributed by atoms with Crippen LogP contribution in [0.2, 0.25) is 0 Å². The van der Waals surface area contributed by atoms with Gasteiger partial charge in [0.25, 0.3) is 10.0 Å². The maximum Gasteiger partial charge on any atom is 0.320 e. The number of carboxylic acids is 1. The number of benzene rings is 2. The number of rotatable bonds is 7. The normalized spacial score (nSPS) is 12.4. The van der Waals surface area contributed by atoms with Gasteiger partial charge in [-0.15, -0.1) is 0 Å². The molecule has 0 saturated heterocycles. The molecular formula is C16H18N2O5S. The average Bonchev–Trinajstić information content (AvgIpc) is 2.56. The van der Waals surface area contributed by atoms with Gasteiger partial charge in [0.1, 0.15) is 11.8 Å². The Kier molecular flexibility index (Phi) is 5.42. The van der Waals surface area contributed by atoms with Crippen molar-refractivity contribution in [2.75, 3.05) is 11.8 Å². The van der Waals surface area contributed by atoms with Crippen LogP contribution >= 0.6 is 0 Å². The Hall–Kier alpha value is -2.58. The maximum absolute atomic E-state index is 12.4. The van der Waals surface area contributed by atoms with E-state index in [-0.39, 0.29) is 11.3 Å². The maximum atomic E-state index is 12.4. The van der Waals surface area contributed by atoms with Crippen molar-refractivity contribution in [2.45, 2.75) is 17.4 Å².